The molecule has 3 atom stereocenters. The van der Waals surface area contributed by atoms with Crippen molar-refractivity contribution in [1.82, 2.24) is 15.5 Å². The van der Waals surface area contributed by atoms with Crippen LogP contribution < -0.4 is 22.1 Å². The summed E-state index contributed by atoms with van der Waals surface area (Å²) < 4.78 is 0. The molecule has 1 fully saturated rings. The Morgan fingerprint density at radius 3 is 2.48 bits per heavy atom. The van der Waals surface area contributed by atoms with Crippen molar-refractivity contribution in [3.8, 4) is 0 Å². The quantitative estimate of drug-likeness (QED) is 0.175. The Bertz CT molecular complexity index is 604. The summed E-state index contributed by atoms with van der Waals surface area (Å²) in [4.78, 5) is 52.6. The second-order valence-corrected chi connectivity index (χ2v) is 6.46. The van der Waals surface area contributed by atoms with Gasteiger partial charge >= 0.3 is 5.97 Å². The molecular weight excluding hydrogens is 356 g/mol. The van der Waals surface area contributed by atoms with Crippen LogP contribution in [0.2, 0.25) is 0 Å². The van der Waals surface area contributed by atoms with E-state index in [2.05, 4.69) is 15.6 Å². The first-order chi connectivity index (χ1) is 12.6. The van der Waals surface area contributed by atoms with Crippen LogP contribution in [0.3, 0.4) is 0 Å². The number of amides is 3. The van der Waals surface area contributed by atoms with E-state index in [1.165, 1.54) is 18.7 Å². The summed E-state index contributed by atoms with van der Waals surface area (Å²) in [6.45, 7) is 3.41. The second-order valence-electron chi connectivity index (χ2n) is 6.46. The van der Waals surface area contributed by atoms with Crippen LogP contribution in [-0.2, 0) is 19.2 Å². The molecule has 27 heavy (non-hydrogen) atoms. The van der Waals surface area contributed by atoms with Gasteiger partial charge in [0, 0.05) is 20.0 Å². The van der Waals surface area contributed by atoms with Gasteiger partial charge in [-0.2, -0.15) is 0 Å². The number of aliphatic carboxylic acids is 1. The molecule has 1 aliphatic rings. The van der Waals surface area contributed by atoms with Crippen LogP contribution in [0, 0.1) is 0 Å². The fraction of sp³-hybridized carbons (Fsp3) is 0.688. The lowest BCUT2D eigenvalue weighted by molar-refractivity contribution is -0.149. The Kier molecular flexibility index (Phi) is 8.49. The molecule has 3 amide bonds. The first kappa shape index (κ1) is 22.2. The van der Waals surface area contributed by atoms with Gasteiger partial charge in [-0.1, -0.05) is 0 Å². The van der Waals surface area contributed by atoms with Crippen molar-refractivity contribution in [2.24, 2.45) is 16.5 Å². The normalized spacial score (nSPS) is 18.3. The van der Waals surface area contributed by atoms with E-state index in [4.69, 9.17) is 11.5 Å². The molecule has 1 aliphatic heterocycles. The molecule has 1 rings (SSSR count). The van der Waals surface area contributed by atoms with Gasteiger partial charge in [0.1, 0.15) is 18.1 Å². The van der Waals surface area contributed by atoms with Gasteiger partial charge in [-0.15, -0.1) is 0 Å². The van der Waals surface area contributed by atoms with Crippen LogP contribution in [-0.4, -0.2) is 70.9 Å². The minimum Gasteiger partial charge on any atom is -0.480 e. The molecule has 152 valence electrons. The molecule has 0 unspecified atom stereocenters. The molecule has 0 aromatic heterocycles. The van der Waals surface area contributed by atoms with Crippen LogP contribution in [0.1, 0.15) is 39.5 Å². The highest BCUT2D eigenvalue weighted by Gasteiger charge is 2.36. The molecule has 0 saturated carbocycles. The summed E-state index contributed by atoms with van der Waals surface area (Å²) in [5.74, 6) is -2.50. The maximum atomic E-state index is 12.5. The zero-order valence-electron chi connectivity index (χ0n) is 15.6. The van der Waals surface area contributed by atoms with E-state index >= 15 is 0 Å². The van der Waals surface area contributed by atoms with Gasteiger partial charge < -0.3 is 32.1 Å². The second kappa shape index (κ2) is 10.3. The third-order valence-electron chi connectivity index (χ3n) is 4.19. The van der Waals surface area contributed by atoms with E-state index in [9.17, 15) is 24.3 Å². The number of carboxylic acids is 1. The molecule has 0 radical (unpaired) electrons. The maximum Gasteiger partial charge on any atom is 0.326 e. The molecule has 0 aromatic carbocycles. The molecule has 7 N–H and O–H groups in total. The predicted molar refractivity (Wildman–Crippen MR) is 97.5 cm³/mol. The van der Waals surface area contributed by atoms with Crippen molar-refractivity contribution in [1.29, 1.82) is 0 Å². The highest BCUT2D eigenvalue weighted by atomic mass is 16.4. The number of carbonyl (C=O) groups is 4. The Morgan fingerprint density at radius 1 is 1.26 bits per heavy atom. The van der Waals surface area contributed by atoms with Gasteiger partial charge in [0.05, 0.1) is 0 Å². The van der Waals surface area contributed by atoms with Crippen LogP contribution in [0.5, 0.6) is 0 Å². The standard InChI is InChI=1S/C16H28N6O5/c1-9(14(25)22-8-4-6-12(22)15(26)27)20-13(24)11(21-10(2)23)5-3-7-19-16(17)18/h9,11-12H,3-8H2,1-2H3,(H,20,24)(H,21,23)(H,26,27)(H4,17,18,19)/t9-,11-,12-/m0/s1. The molecule has 1 saturated heterocycles. The number of likely N-dealkylation sites (tertiary alicyclic amines) is 1. The van der Waals surface area contributed by atoms with Gasteiger partial charge in [0.2, 0.25) is 17.7 Å². The number of hydrogen-bond acceptors (Lipinski definition) is 5. The average molecular weight is 384 g/mol. The summed E-state index contributed by atoms with van der Waals surface area (Å²) >= 11 is 0. The minimum atomic E-state index is -1.06. The van der Waals surface area contributed by atoms with Crippen molar-refractivity contribution in [2.45, 2.75) is 57.7 Å². The minimum absolute atomic E-state index is 0.0617. The molecule has 1 heterocycles. The fourth-order valence-electron chi connectivity index (χ4n) is 2.93. The largest absolute Gasteiger partial charge is 0.480 e. The van der Waals surface area contributed by atoms with Gasteiger partial charge in [-0.05, 0) is 32.6 Å². The van der Waals surface area contributed by atoms with E-state index in [0.717, 1.165) is 0 Å². The lowest BCUT2D eigenvalue weighted by Gasteiger charge is -2.26. The first-order valence-corrected chi connectivity index (χ1v) is 8.79. The molecule has 0 bridgehead atoms. The van der Waals surface area contributed by atoms with E-state index in [1.54, 1.807) is 0 Å². The smallest absolute Gasteiger partial charge is 0.326 e. The Labute approximate surface area is 157 Å². The summed E-state index contributed by atoms with van der Waals surface area (Å²) in [7, 11) is 0. The maximum absolute atomic E-state index is 12.5. The number of nitrogens with one attached hydrogen (secondary N) is 2. The lowest BCUT2D eigenvalue weighted by Crippen LogP contribution is -2.54. The van der Waals surface area contributed by atoms with E-state index < -0.39 is 35.9 Å². The molecule has 11 nitrogen and oxygen atoms in total. The van der Waals surface area contributed by atoms with E-state index in [1.807, 2.05) is 0 Å². The van der Waals surface area contributed by atoms with Crippen LogP contribution >= 0.6 is 0 Å². The van der Waals surface area contributed by atoms with Crippen LogP contribution in [0.15, 0.2) is 4.99 Å². The fourth-order valence-corrected chi connectivity index (χ4v) is 2.93. The van der Waals surface area contributed by atoms with E-state index in [0.29, 0.717) is 32.4 Å². The number of hydrogen-bond donors (Lipinski definition) is 5. The number of carboxylic acid groups (broad SMARTS) is 1. The van der Waals surface area contributed by atoms with Crippen molar-refractivity contribution >= 4 is 29.7 Å². The average Bonchev–Trinajstić information content (AvgIpc) is 3.06. The number of nitrogens with zero attached hydrogens (tertiary/aromatic N) is 2. The lowest BCUT2D eigenvalue weighted by atomic mass is 10.1. The van der Waals surface area contributed by atoms with Crippen LogP contribution in [0.25, 0.3) is 0 Å². The number of rotatable bonds is 9. The summed E-state index contributed by atoms with van der Waals surface area (Å²) in [5, 5.41) is 14.3. The molecule has 0 aromatic rings. The van der Waals surface area contributed by atoms with E-state index in [-0.39, 0.29) is 18.3 Å². The van der Waals surface area contributed by atoms with Gasteiger partial charge in [-0.3, -0.25) is 19.4 Å². The Balaban J connectivity index is 2.66. The molecule has 11 heteroatoms. The summed E-state index contributed by atoms with van der Waals surface area (Å²) in [6.07, 6.45) is 1.72. The van der Waals surface area contributed by atoms with Crippen molar-refractivity contribution < 1.29 is 24.3 Å². The zero-order chi connectivity index (χ0) is 20.6. The number of nitrogens with two attached hydrogens (primary N) is 2. The molecular formula is C16H28N6O5. The summed E-state index contributed by atoms with van der Waals surface area (Å²) in [5.41, 5.74) is 10.5. The SMILES string of the molecule is CC(=O)N[C@@H](CCCN=C(N)N)C(=O)N[C@@H](C)C(=O)N1CCC[C@H]1C(=O)O. The van der Waals surface area contributed by atoms with Crippen molar-refractivity contribution in [3.05, 3.63) is 0 Å². The van der Waals surface area contributed by atoms with Crippen molar-refractivity contribution in [3.63, 3.8) is 0 Å². The van der Waals surface area contributed by atoms with Gasteiger partial charge in [0.15, 0.2) is 5.96 Å². The molecule has 0 aliphatic carbocycles. The monoisotopic (exact) mass is 384 g/mol. The third kappa shape index (κ3) is 7.12. The van der Waals surface area contributed by atoms with Crippen molar-refractivity contribution in [2.75, 3.05) is 13.1 Å². The number of guanidine groups is 1. The third-order valence-corrected chi connectivity index (χ3v) is 4.19. The van der Waals surface area contributed by atoms with Gasteiger partial charge in [0.25, 0.3) is 0 Å². The van der Waals surface area contributed by atoms with Gasteiger partial charge in [-0.25, -0.2) is 4.79 Å². The first-order valence-electron chi connectivity index (χ1n) is 8.79. The number of aliphatic imine (C=N–C) groups is 1. The molecule has 0 spiro atoms. The Morgan fingerprint density at radius 2 is 1.93 bits per heavy atom. The topological polar surface area (TPSA) is 180 Å². The predicted octanol–water partition coefficient (Wildman–Crippen LogP) is -1.87. The highest BCUT2D eigenvalue weighted by molar-refractivity contribution is 5.93. The Hall–Kier alpha value is -2.85. The zero-order valence-corrected chi connectivity index (χ0v) is 15.6. The van der Waals surface area contributed by atoms with Crippen LogP contribution in [0.4, 0.5) is 0 Å². The summed E-state index contributed by atoms with van der Waals surface area (Å²) in [6, 6.07) is -2.63. The highest BCUT2D eigenvalue weighted by Crippen LogP contribution is 2.18. The number of carbonyl (C=O) groups excluding carboxylic acids is 3.